The van der Waals surface area contributed by atoms with Crippen molar-refractivity contribution in [3.63, 3.8) is 0 Å². The van der Waals surface area contributed by atoms with E-state index in [0.29, 0.717) is 0 Å². The highest BCUT2D eigenvalue weighted by molar-refractivity contribution is 6.30. The molecule has 0 unspecified atom stereocenters. The molecule has 0 bridgehead atoms. The lowest BCUT2D eigenvalue weighted by atomic mass is 10.1. The molecule has 0 aliphatic rings. The Labute approximate surface area is 74.5 Å². The summed E-state index contributed by atoms with van der Waals surface area (Å²) in [5.74, 6) is -1.02. The highest BCUT2D eigenvalue weighted by atomic mass is 35.5. The van der Waals surface area contributed by atoms with Crippen molar-refractivity contribution in [1.29, 1.82) is 0 Å². The highest BCUT2D eigenvalue weighted by Gasteiger charge is 2.05. The normalized spacial score (nSPS) is 12.7. The molecular formula is C9H7ClF2. The van der Waals surface area contributed by atoms with Crippen LogP contribution in [-0.4, -0.2) is 0 Å². The van der Waals surface area contributed by atoms with E-state index in [4.69, 9.17) is 11.6 Å². The summed E-state index contributed by atoms with van der Waals surface area (Å²) in [6.45, 7) is 1.86. The van der Waals surface area contributed by atoms with Gasteiger partial charge in [-0.25, -0.2) is 4.39 Å². The Morgan fingerprint density at radius 2 is 1.67 bits per heavy atom. The van der Waals surface area contributed by atoms with Gasteiger partial charge in [0.15, 0.2) is 5.83 Å². The summed E-state index contributed by atoms with van der Waals surface area (Å²) in [5, 5.41) is -1.31. The minimum atomic E-state index is -1.31. The Morgan fingerprint density at radius 3 is 2.08 bits per heavy atom. The molecular weight excluding hydrogens is 182 g/mol. The third-order valence-corrected chi connectivity index (χ3v) is 1.64. The molecule has 1 rings (SSSR count). The first kappa shape index (κ1) is 9.20. The third kappa shape index (κ3) is 2.05. The van der Waals surface area contributed by atoms with Gasteiger partial charge in [-0.1, -0.05) is 29.8 Å². The number of benzene rings is 1. The largest absolute Gasteiger partial charge is 0.225 e. The van der Waals surface area contributed by atoms with Crippen LogP contribution in [0.5, 0.6) is 0 Å². The zero-order valence-electron chi connectivity index (χ0n) is 6.44. The Hall–Kier alpha value is -0.890. The highest BCUT2D eigenvalue weighted by Crippen LogP contribution is 2.23. The van der Waals surface area contributed by atoms with Gasteiger partial charge < -0.3 is 0 Å². The number of hydrogen-bond donors (Lipinski definition) is 0. The maximum atomic E-state index is 12.8. The van der Waals surface area contributed by atoms with Gasteiger partial charge in [0.1, 0.15) is 0 Å². The standard InChI is InChI=1S/C9H7ClF2/c1-6-2-4-7(5-3-6)8(11)9(10)12/h2-5H,1H3/b9-8-. The van der Waals surface area contributed by atoms with E-state index in [0.717, 1.165) is 5.56 Å². The zero-order valence-corrected chi connectivity index (χ0v) is 7.20. The molecule has 0 aliphatic carbocycles. The number of rotatable bonds is 1. The van der Waals surface area contributed by atoms with E-state index in [1.54, 1.807) is 12.1 Å². The fourth-order valence-corrected chi connectivity index (χ4v) is 0.918. The molecule has 0 radical (unpaired) electrons. The van der Waals surface area contributed by atoms with Crippen LogP contribution in [0.15, 0.2) is 29.6 Å². The molecule has 0 heterocycles. The quantitative estimate of drug-likeness (QED) is 0.629. The first-order chi connectivity index (χ1) is 5.61. The molecule has 0 spiro atoms. The van der Waals surface area contributed by atoms with Gasteiger partial charge in [0.05, 0.1) is 0 Å². The van der Waals surface area contributed by atoms with Gasteiger partial charge in [-0.05, 0) is 18.5 Å². The van der Waals surface area contributed by atoms with E-state index >= 15 is 0 Å². The summed E-state index contributed by atoms with van der Waals surface area (Å²) in [6, 6.07) is 6.34. The summed E-state index contributed by atoms with van der Waals surface area (Å²) in [4.78, 5) is 0. The van der Waals surface area contributed by atoms with E-state index < -0.39 is 11.1 Å². The van der Waals surface area contributed by atoms with Crippen molar-refractivity contribution >= 4 is 17.4 Å². The Kier molecular flexibility index (Phi) is 2.82. The summed E-state index contributed by atoms with van der Waals surface area (Å²) in [7, 11) is 0. The first-order valence-electron chi connectivity index (χ1n) is 3.39. The average Bonchev–Trinajstić information content (AvgIpc) is 2.04. The lowest BCUT2D eigenvalue weighted by Crippen LogP contribution is -1.79. The van der Waals surface area contributed by atoms with Crippen LogP contribution in [0.3, 0.4) is 0 Å². The minimum Gasteiger partial charge on any atom is -0.202 e. The van der Waals surface area contributed by atoms with E-state index in [9.17, 15) is 8.78 Å². The Balaban J connectivity index is 3.06. The maximum Gasteiger partial charge on any atom is 0.225 e. The number of aryl methyl sites for hydroxylation is 1. The molecule has 12 heavy (non-hydrogen) atoms. The first-order valence-corrected chi connectivity index (χ1v) is 3.77. The van der Waals surface area contributed by atoms with Gasteiger partial charge in [-0.15, -0.1) is 0 Å². The fraction of sp³-hybridized carbons (Fsp3) is 0.111. The molecule has 0 atom stereocenters. The molecule has 0 saturated carbocycles. The molecule has 64 valence electrons. The van der Waals surface area contributed by atoms with Crippen molar-refractivity contribution in [3.05, 3.63) is 40.7 Å². The number of halogens is 3. The molecule has 0 aliphatic heterocycles. The molecule has 0 fully saturated rings. The fourth-order valence-electron chi connectivity index (χ4n) is 0.809. The summed E-state index contributed by atoms with van der Waals surface area (Å²) < 4.78 is 24.9. The molecule has 1 aromatic rings. The Bertz CT molecular complexity index is 297. The second-order valence-corrected chi connectivity index (χ2v) is 2.77. The zero-order chi connectivity index (χ0) is 9.14. The maximum absolute atomic E-state index is 12.8. The summed E-state index contributed by atoms with van der Waals surface area (Å²) >= 11 is 4.84. The van der Waals surface area contributed by atoms with Crippen LogP contribution in [0.1, 0.15) is 11.1 Å². The second kappa shape index (κ2) is 3.68. The van der Waals surface area contributed by atoms with E-state index in [1.165, 1.54) is 12.1 Å². The van der Waals surface area contributed by atoms with Gasteiger partial charge in [0, 0.05) is 5.56 Å². The van der Waals surface area contributed by atoms with Crippen molar-refractivity contribution in [1.82, 2.24) is 0 Å². The van der Waals surface area contributed by atoms with Crippen molar-refractivity contribution < 1.29 is 8.78 Å². The predicted molar refractivity (Wildman–Crippen MR) is 46.2 cm³/mol. The molecule has 0 aromatic heterocycles. The van der Waals surface area contributed by atoms with Crippen molar-refractivity contribution in [3.8, 4) is 0 Å². The topological polar surface area (TPSA) is 0 Å². The number of hydrogen-bond acceptors (Lipinski definition) is 0. The van der Waals surface area contributed by atoms with Gasteiger partial charge >= 0.3 is 0 Å². The van der Waals surface area contributed by atoms with Crippen LogP contribution in [-0.2, 0) is 0 Å². The summed E-state index contributed by atoms with van der Waals surface area (Å²) in [5.41, 5.74) is 1.15. The molecule has 0 saturated heterocycles. The van der Waals surface area contributed by atoms with Crippen LogP contribution in [0, 0.1) is 6.92 Å². The average molecular weight is 189 g/mol. The van der Waals surface area contributed by atoms with Crippen molar-refractivity contribution in [2.75, 3.05) is 0 Å². The Morgan fingerprint density at radius 1 is 1.17 bits per heavy atom. The van der Waals surface area contributed by atoms with Crippen molar-refractivity contribution in [2.24, 2.45) is 0 Å². The predicted octanol–water partition coefficient (Wildman–Crippen LogP) is 3.80. The van der Waals surface area contributed by atoms with E-state index in [2.05, 4.69) is 0 Å². The molecule has 0 N–H and O–H groups in total. The van der Waals surface area contributed by atoms with Crippen LogP contribution >= 0.6 is 11.6 Å². The molecule has 3 heteroatoms. The van der Waals surface area contributed by atoms with Gasteiger partial charge in [-0.2, -0.15) is 4.39 Å². The monoisotopic (exact) mass is 188 g/mol. The molecule has 0 nitrogen and oxygen atoms in total. The van der Waals surface area contributed by atoms with Crippen LogP contribution in [0.25, 0.3) is 5.83 Å². The van der Waals surface area contributed by atoms with Gasteiger partial charge in [0.2, 0.25) is 5.29 Å². The lowest BCUT2D eigenvalue weighted by Gasteiger charge is -1.97. The van der Waals surface area contributed by atoms with E-state index in [1.807, 2.05) is 6.92 Å². The molecule has 1 aromatic carbocycles. The van der Waals surface area contributed by atoms with Crippen LogP contribution in [0.4, 0.5) is 8.78 Å². The van der Waals surface area contributed by atoms with Crippen LogP contribution < -0.4 is 0 Å². The third-order valence-electron chi connectivity index (χ3n) is 1.47. The lowest BCUT2D eigenvalue weighted by molar-refractivity contribution is 0.651. The van der Waals surface area contributed by atoms with Crippen molar-refractivity contribution in [2.45, 2.75) is 6.92 Å². The van der Waals surface area contributed by atoms with E-state index in [-0.39, 0.29) is 5.56 Å². The van der Waals surface area contributed by atoms with Crippen LogP contribution in [0.2, 0.25) is 0 Å². The second-order valence-electron chi connectivity index (χ2n) is 2.44. The molecule has 0 amide bonds. The SMILES string of the molecule is Cc1ccc(/C(F)=C(/F)Cl)cc1. The van der Waals surface area contributed by atoms with Gasteiger partial charge in [-0.3, -0.25) is 0 Å². The van der Waals surface area contributed by atoms with Gasteiger partial charge in [0.25, 0.3) is 0 Å². The minimum absolute atomic E-state index is 0.160. The smallest absolute Gasteiger partial charge is 0.202 e. The summed E-state index contributed by atoms with van der Waals surface area (Å²) in [6.07, 6.45) is 0.